The topological polar surface area (TPSA) is 81.1 Å². The lowest BCUT2D eigenvalue weighted by molar-refractivity contribution is 0.0951. The largest absolute Gasteiger partial charge is 0.399 e. The van der Waals surface area contributed by atoms with E-state index in [-0.39, 0.29) is 5.91 Å². The molecule has 0 unspecified atom stereocenters. The van der Waals surface area contributed by atoms with Crippen molar-refractivity contribution in [3.05, 3.63) is 59.7 Å². The van der Waals surface area contributed by atoms with E-state index in [1.54, 1.807) is 24.3 Å². The van der Waals surface area contributed by atoms with Gasteiger partial charge in [-0.1, -0.05) is 18.2 Å². The van der Waals surface area contributed by atoms with Gasteiger partial charge in [-0.05, 0) is 35.9 Å². The fourth-order valence-electron chi connectivity index (χ4n) is 1.61. The summed E-state index contributed by atoms with van der Waals surface area (Å²) in [6, 6.07) is 14.2. The zero-order valence-corrected chi connectivity index (χ0v) is 9.89. The smallest absolute Gasteiger partial charge is 0.251 e. The summed E-state index contributed by atoms with van der Waals surface area (Å²) < 4.78 is 0. The summed E-state index contributed by atoms with van der Waals surface area (Å²) in [6.45, 7) is 0.413. The molecule has 0 heterocycles. The summed E-state index contributed by atoms with van der Waals surface area (Å²) in [7, 11) is 0. The molecular weight excluding hydrogens is 226 g/mol. The number of benzene rings is 2. The molecule has 0 fully saturated rings. The Kier molecular flexibility index (Phi) is 3.48. The van der Waals surface area contributed by atoms with Gasteiger partial charge in [-0.2, -0.15) is 0 Å². The lowest BCUT2D eigenvalue weighted by Gasteiger charge is -2.07. The molecule has 0 aliphatic heterocycles. The Morgan fingerprint density at radius 1 is 1.00 bits per heavy atom. The minimum absolute atomic E-state index is 0.141. The molecule has 2 rings (SSSR count). The zero-order chi connectivity index (χ0) is 13.0. The Labute approximate surface area is 106 Å². The van der Waals surface area contributed by atoms with Crippen molar-refractivity contribution in [2.75, 3.05) is 11.5 Å². The van der Waals surface area contributed by atoms with Crippen LogP contribution < -0.4 is 16.8 Å². The van der Waals surface area contributed by atoms with Gasteiger partial charge in [-0.25, -0.2) is 0 Å². The number of anilines is 2. The lowest BCUT2D eigenvalue weighted by atomic mass is 10.1. The Morgan fingerprint density at radius 3 is 2.33 bits per heavy atom. The van der Waals surface area contributed by atoms with E-state index in [4.69, 9.17) is 11.5 Å². The van der Waals surface area contributed by atoms with E-state index in [0.29, 0.717) is 23.5 Å². The number of carbonyl (C=O) groups excluding carboxylic acids is 1. The van der Waals surface area contributed by atoms with Crippen LogP contribution in [0.15, 0.2) is 48.5 Å². The van der Waals surface area contributed by atoms with Gasteiger partial charge in [-0.3, -0.25) is 4.79 Å². The first-order valence-electron chi connectivity index (χ1n) is 5.64. The molecule has 18 heavy (non-hydrogen) atoms. The number of rotatable bonds is 3. The van der Waals surface area contributed by atoms with Crippen molar-refractivity contribution in [2.24, 2.45) is 0 Å². The van der Waals surface area contributed by atoms with E-state index in [2.05, 4.69) is 5.32 Å². The number of nitrogen functional groups attached to an aromatic ring is 2. The van der Waals surface area contributed by atoms with E-state index in [0.717, 1.165) is 5.56 Å². The second-order valence-corrected chi connectivity index (χ2v) is 4.00. The molecule has 0 aliphatic rings. The summed E-state index contributed by atoms with van der Waals surface area (Å²) in [4.78, 5) is 11.8. The molecule has 0 spiro atoms. The fourth-order valence-corrected chi connectivity index (χ4v) is 1.61. The van der Waals surface area contributed by atoms with Gasteiger partial charge in [-0.15, -0.1) is 0 Å². The van der Waals surface area contributed by atoms with Gasteiger partial charge in [0.25, 0.3) is 5.91 Å². The highest BCUT2D eigenvalue weighted by atomic mass is 16.1. The summed E-state index contributed by atoms with van der Waals surface area (Å²) in [5.74, 6) is -0.141. The fraction of sp³-hybridized carbons (Fsp3) is 0.0714. The quantitative estimate of drug-likeness (QED) is 0.716. The van der Waals surface area contributed by atoms with E-state index in [1.165, 1.54) is 0 Å². The predicted molar refractivity (Wildman–Crippen MR) is 72.9 cm³/mol. The average Bonchev–Trinajstić information content (AvgIpc) is 2.38. The molecule has 2 aromatic rings. The minimum Gasteiger partial charge on any atom is -0.399 e. The second kappa shape index (κ2) is 5.23. The molecule has 0 radical (unpaired) electrons. The summed E-state index contributed by atoms with van der Waals surface area (Å²) in [5.41, 5.74) is 14.2. The monoisotopic (exact) mass is 241 g/mol. The van der Waals surface area contributed by atoms with Gasteiger partial charge in [0.15, 0.2) is 0 Å². The van der Waals surface area contributed by atoms with Crippen LogP contribution in [0, 0.1) is 0 Å². The first-order valence-corrected chi connectivity index (χ1v) is 5.64. The van der Waals surface area contributed by atoms with Gasteiger partial charge in [0.2, 0.25) is 0 Å². The van der Waals surface area contributed by atoms with Gasteiger partial charge in [0.1, 0.15) is 0 Å². The Morgan fingerprint density at radius 2 is 1.67 bits per heavy atom. The summed E-state index contributed by atoms with van der Waals surface area (Å²) in [6.07, 6.45) is 0. The number of hydrogen-bond acceptors (Lipinski definition) is 3. The van der Waals surface area contributed by atoms with Crippen LogP contribution in [-0.4, -0.2) is 5.91 Å². The Hall–Kier alpha value is -2.49. The summed E-state index contributed by atoms with van der Waals surface area (Å²) >= 11 is 0. The number of hydrogen-bond donors (Lipinski definition) is 3. The first-order chi connectivity index (χ1) is 8.66. The molecule has 0 aliphatic carbocycles. The van der Waals surface area contributed by atoms with Crippen LogP contribution in [0.25, 0.3) is 0 Å². The van der Waals surface area contributed by atoms with Crippen molar-refractivity contribution in [3.63, 3.8) is 0 Å². The van der Waals surface area contributed by atoms with E-state index in [9.17, 15) is 4.79 Å². The van der Waals surface area contributed by atoms with E-state index < -0.39 is 0 Å². The maximum atomic E-state index is 11.8. The molecule has 4 heteroatoms. The highest BCUT2D eigenvalue weighted by molar-refractivity contribution is 5.94. The number of nitrogens with two attached hydrogens (primary N) is 2. The van der Waals surface area contributed by atoms with Crippen LogP contribution in [0.3, 0.4) is 0 Å². The molecule has 1 amide bonds. The van der Waals surface area contributed by atoms with Crippen LogP contribution >= 0.6 is 0 Å². The van der Waals surface area contributed by atoms with Crippen LogP contribution in [0.4, 0.5) is 11.4 Å². The van der Waals surface area contributed by atoms with Crippen LogP contribution in [0.2, 0.25) is 0 Å². The van der Waals surface area contributed by atoms with Crippen molar-refractivity contribution in [1.82, 2.24) is 5.32 Å². The van der Waals surface area contributed by atoms with Gasteiger partial charge < -0.3 is 16.8 Å². The molecule has 0 saturated heterocycles. The lowest BCUT2D eigenvalue weighted by Crippen LogP contribution is -2.23. The maximum absolute atomic E-state index is 11.8. The molecule has 2 aromatic carbocycles. The molecule has 0 aromatic heterocycles. The van der Waals surface area contributed by atoms with Crippen molar-refractivity contribution in [2.45, 2.75) is 6.54 Å². The van der Waals surface area contributed by atoms with Crippen LogP contribution in [0.1, 0.15) is 15.9 Å². The number of nitrogens with one attached hydrogen (secondary N) is 1. The SMILES string of the molecule is Nc1ccc(C(=O)NCc2ccccc2N)cc1. The molecule has 92 valence electrons. The normalized spacial score (nSPS) is 10.0. The number of para-hydroxylation sites is 1. The van der Waals surface area contributed by atoms with E-state index in [1.807, 2.05) is 24.3 Å². The maximum Gasteiger partial charge on any atom is 0.251 e. The number of carbonyl (C=O) groups is 1. The van der Waals surface area contributed by atoms with Crippen LogP contribution in [0.5, 0.6) is 0 Å². The van der Waals surface area contributed by atoms with E-state index >= 15 is 0 Å². The van der Waals surface area contributed by atoms with Gasteiger partial charge in [0, 0.05) is 23.5 Å². The molecule has 5 N–H and O–H groups in total. The summed E-state index contributed by atoms with van der Waals surface area (Å²) in [5, 5.41) is 2.82. The molecular formula is C14H15N3O. The van der Waals surface area contributed by atoms with Crippen molar-refractivity contribution in [1.29, 1.82) is 0 Å². The minimum atomic E-state index is -0.141. The highest BCUT2D eigenvalue weighted by Crippen LogP contribution is 2.10. The van der Waals surface area contributed by atoms with Crippen molar-refractivity contribution in [3.8, 4) is 0 Å². The molecule has 4 nitrogen and oxygen atoms in total. The average molecular weight is 241 g/mol. The Bertz CT molecular complexity index is 549. The highest BCUT2D eigenvalue weighted by Gasteiger charge is 2.05. The molecule has 0 bridgehead atoms. The van der Waals surface area contributed by atoms with Crippen molar-refractivity contribution < 1.29 is 4.79 Å². The zero-order valence-electron chi connectivity index (χ0n) is 9.89. The predicted octanol–water partition coefficient (Wildman–Crippen LogP) is 1.78. The van der Waals surface area contributed by atoms with Gasteiger partial charge >= 0.3 is 0 Å². The standard InChI is InChI=1S/C14H15N3O/c15-12-7-5-10(6-8-12)14(18)17-9-11-3-1-2-4-13(11)16/h1-8H,9,15-16H2,(H,17,18). The first kappa shape index (κ1) is 12.0. The third kappa shape index (κ3) is 2.79. The third-order valence-electron chi connectivity index (χ3n) is 2.67. The second-order valence-electron chi connectivity index (χ2n) is 4.00. The van der Waals surface area contributed by atoms with Crippen LogP contribution in [-0.2, 0) is 6.54 Å². The Balaban J connectivity index is 2.01. The van der Waals surface area contributed by atoms with Gasteiger partial charge in [0.05, 0.1) is 0 Å². The number of amides is 1. The molecule has 0 atom stereocenters. The van der Waals surface area contributed by atoms with Crippen molar-refractivity contribution >= 4 is 17.3 Å². The molecule has 0 saturated carbocycles. The third-order valence-corrected chi connectivity index (χ3v) is 2.67.